The second-order valence-corrected chi connectivity index (χ2v) is 8.82. The number of nitrogens with one attached hydrogen (secondary N) is 1. The van der Waals surface area contributed by atoms with E-state index in [1.807, 2.05) is 0 Å². The first-order valence-corrected chi connectivity index (χ1v) is 11.7. The van der Waals surface area contributed by atoms with E-state index in [1.54, 1.807) is 0 Å². The molecule has 0 aromatic heterocycles. The average molecular weight is 528 g/mol. The molecular formula is C24H42IN5. The normalized spacial score (nSPS) is 23.8. The second-order valence-electron chi connectivity index (χ2n) is 8.82. The summed E-state index contributed by atoms with van der Waals surface area (Å²) in [6.45, 7) is 14.7. The van der Waals surface area contributed by atoms with Crippen molar-refractivity contribution in [3.05, 3.63) is 35.9 Å². The van der Waals surface area contributed by atoms with Crippen molar-refractivity contribution in [3.63, 3.8) is 0 Å². The van der Waals surface area contributed by atoms with Crippen molar-refractivity contribution in [2.45, 2.75) is 39.0 Å². The van der Waals surface area contributed by atoms with Gasteiger partial charge in [-0.15, -0.1) is 24.0 Å². The molecule has 2 unspecified atom stereocenters. The van der Waals surface area contributed by atoms with Gasteiger partial charge in [-0.05, 0) is 57.2 Å². The number of piperazine rings is 1. The summed E-state index contributed by atoms with van der Waals surface area (Å²) in [5.41, 5.74) is 1.49. The number of hydrogen-bond acceptors (Lipinski definition) is 3. The van der Waals surface area contributed by atoms with Gasteiger partial charge in [0.1, 0.15) is 0 Å². The van der Waals surface area contributed by atoms with E-state index in [-0.39, 0.29) is 24.0 Å². The van der Waals surface area contributed by atoms with Crippen LogP contribution in [0.15, 0.2) is 35.3 Å². The Hall–Kier alpha value is -0.860. The number of nitrogens with zero attached hydrogens (tertiary/aromatic N) is 4. The Bertz CT molecular complexity index is 615. The van der Waals surface area contributed by atoms with Gasteiger partial charge in [-0.25, -0.2) is 0 Å². The minimum Gasteiger partial charge on any atom is -0.357 e. The van der Waals surface area contributed by atoms with Gasteiger partial charge in [0.25, 0.3) is 0 Å². The predicted octanol–water partition coefficient (Wildman–Crippen LogP) is 3.72. The zero-order valence-corrected chi connectivity index (χ0v) is 21.6. The maximum atomic E-state index is 4.97. The van der Waals surface area contributed by atoms with Crippen LogP contribution in [0.25, 0.3) is 0 Å². The number of halogens is 1. The number of benzene rings is 1. The molecule has 1 N–H and O–H groups in total. The fraction of sp³-hybridized carbons (Fsp3) is 0.708. The number of hydrogen-bond donors (Lipinski definition) is 1. The monoisotopic (exact) mass is 527 g/mol. The van der Waals surface area contributed by atoms with Crippen molar-refractivity contribution in [3.8, 4) is 0 Å². The van der Waals surface area contributed by atoms with Gasteiger partial charge in [0, 0.05) is 52.4 Å². The van der Waals surface area contributed by atoms with Crippen molar-refractivity contribution in [1.82, 2.24) is 20.0 Å². The first-order chi connectivity index (χ1) is 14.2. The molecule has 1 aromatic carbocycles. The molecule has 0 bridgehead atoms. The smallest absolute Gasteiger partial charge is 0.193 e. The van der Waals surface area contributed by atoms with Gasteiger partial charge in [0.15, 0.2) is 5.96 Å². The van der Waals surface area contributed by atoms with E-state index in [0.717, 1.165) is 32.1 Å². The van der Waals surface area contributed by atoms with E-state index in [0.29, 0.717) is 11.8 Å². The van der Waals surface area contributed by atoms with E-state index in [4.69, 9.17) is 4.99 Å². The summed E-state index contributed by atoms with van der Waals surface area (Å²) >= 11 is 0. The molecule has 2 saturated heterocycles. The molecule has 2 fully saturated rings. The number of piperidine rings is 1. The third kappa shape index (κ3) is 7.68. The van der Waals surface area contributed by atoms with Crippen molar-refractivity contribution >= 4 is 29.9 Å². The lowest BCUT2D eigenvalue weighted by molar-refractivity contribution is 0.152. The van der Waals surface area contributed by atoms with Crippen LogP contribution in [-0.4, -0.2) is 86.6 Å². The Balaban J connectivity index is 0.00000320. The Morgan fingerprint density at radius 2 is 1.80 bits per heavy atom. The number of unbranched alkanes of at least 4 members (excludes halogenated alkanes) is 1. The molecule has 3 rings (SSSR count). The molecule has 0 amide bonds. The molecule has 30 heavy (non-hydrogen) atoms. The van der Waals surface area contributed by atoms with Gasteiger partial charge in [-0.2, -0.15) is 0 Å². The van der Waals surface area contributed by atoms with Crippen LogP contribution in [0, 0.1) is 5.92 Å². The van der Waals surface area contributed by atoms with Crippen LogP contribution in [0.4, 0.5) is 0 Å². The summed E-state index contributed by atoms with van der Waals surface area (Å²) in [6, 6.07) is 11.0. The van der Waals surface area contributed by atoms with Crippen molar-refractivity contribution in [2.75, 3.05) is 66.0 Å². The van der Waals surface area contributed by atoms with E-state index >= 15 is 0 Å². The molecule has 6 heteroatoms. The number of likely N-dealkylation sites (N-methyl/N-ethyl adjacent to an activating group) is 1. The molecule has 2 heterocycles. The fourth-order valence-electron chi connectivity index (χ4n) is 4.66. The molecule has 5 nitrogen and oxygen atoms in total. The molecule has 0 aliphatic carbocycles. The van der Waals surface area contributed by atoms with E-state index in [1.165, 1.54) is 57.5 Å². The first-order valence-electron chi connectivity index (χ1n) is 11.7. The summed E-state index contributed by atoms with van der Waals surface area (Å²) in [5, 5.41) is 3.53. The van der Waals surface area contributed by atoms with Crippen LogP contribution in [0.2, 0.25) is 0 Å². The highest BCUT2D eigenvalue weighted by atomic mass is 127. The summed E-state index contributed by atoms with van der Waals surface area (Å²) in [5.74, 6) is 2.43. The van der Waals surface area contributed by atoms with Crippen LogP contribution in [-0.2, 0) is 0 Å². The molecule has 1 aromatic rings. The molecular weight excluding hydrogens is 485 g/mol. The van der Waals surface area contributed by atoms with Crippen molar-refractivity contribution < 1.29 is 0 Å². The lowest BCUT2D eigenvalue weighted by Crippen LogP contribution is -2.48. The minimum atomic E-state index is 0. The number of rotatable bonds is 7. The van der Waals surface area contributed by atoms with Gasteiger partial charge in [0.2, 0.25) is 0 Å². The minimum absolute atomic E-state index is 0. The van der Waals surface area contributed by atoms with Crippen LogP contribution in [0.1, 0.15) is 44.6 Å². The van der Waals surface area contributed by atoms with Gasteiger partial charge in [0.05, 0.1) is 0 Å². The molecule has 2 aliphatic heterocycles. The maximum Gasteiger partial charge on any atom is 0.193 e. The van der Waals surface area contributed by atoms with Crippen LogP contribution < -0.4 is 5.32 Å². The Morgan fingerprint density at radius 3 is 2.47 bits per heavy atom. The van der Waals surface area contributed by atoms with Crippen LogP contribution in [0.3, 0.4) is 0 Å². The van der Waals surface area contributed by atoms with Crippen LogP contribution in [0.5, 0.6) is 0 Å². The molecule has 2 atom stereocenters. The van der Waals surface area contributed by atoms with E-state index < -0.39 is 0 Å². The van der Waals surface area contributed by atoms with E-state index in [2.05, 4.69) is 71.2 Å². The van der Waals surface area contributed by atoms with Gasteiger partial charge < -0.3 is 20.0 Å². The number of likely N-dealkylation sites (tertiary alicyclic amines) is 1. The largest absolute Gasteiger partial charge is 0.357 e. The Morgan fingerprint density at radius 1 is 1.07 bits per heavy atom. The third-order valence-corrected chi connectivity index (χ3v) is 6.51. The average Bonchev–Trinajstić information content (AvgIpc) is 2.74. The predicted molar refractivity (Wildman–Crippen MR) is 139 cm³/mol. The first kappa shape index (κ1) is 25.4. The zero-order valence-electron chi connectivity index (χ0n) is 19.2. The fourth-order valence-corrected chi connectivity index (χ4v) is 4.66. The van der Waals surface area contributed by atoms with Crippen molar-refractivity contribution in [2.24, 2.45) is 10.9 Å². The molecule has 0 radical (unpaired) electrons. The summed E-state index contributed by atoms with van der Waals surface area (Å²) in [4.78, 5) is 12.5. The quantitative estimate of drug-likeness (QED) is 0.254. The summed E-state index contributed by atoms with van der Waals surface area (Å²) in [6.07, 6.45) is 3.63. The Kier molecular flexibility index (Phi) is 11.5. The lowest BCUT2D eigenvalue weighted by Gasteiger charge is -2.39. The lowest BCUT2D eigenvalue weighted by atomic mass is 9.82. The zero-order chi connectivity index (χ0) is 20.5. The van der Waals surface area contributed by atoms with E-state index in [9.17, 15) is 0 Å². The number of guanidine groups is 1. The van der Waals surface area contributed by atoms with Gasteiger partial charge in [-0.1, -0.05) is 37.3 Å². The topological polar surface area (TPSA) is 34.1 Å². The summed E-state index contributed by atoms with van der Waals surface area (Å²) in [7, 11) is 2.22. The third-order valence-electron chi connectivity index (χ3n) is 6.51. The molecule has 0 saturated carbocycles. The van der Waals surface area contributed by atoms with Crippen LogP contribution >= 0.6 is 24.0 Å². The van der Waals surface area contributed by atoms with Gasteiger partial charge >= 0.3 is 0 Å². The highest BCUT2D eigenvalue weighted by Crippen LogP contribution is 2.32. The molecule has 0 spiro atoms. The van der Waals surface area contributed by atoms with Gasteiger partial charge in [-0.3, -0.25) is 4.99 Å². The highest BCUT2D eigenvalue weighted by Gasteiger charge is 2.28. The molecule has 2 aliphatic rings. The highest BCUT2D eigenvalue weighted by molar-refractivity contribution is 14.0. The summed E-state index contributed by atoms with van der Waals surface area (Å²) < 4.78 is 0. The maximum absolute atomic E-state index is 4.97. The Labute approximate surface area is 201 Å². The SMILES string of the molecule is CCNC(=NCCCCN1CCN(C)CC1)N1CCC(c2ccccc2)C(C)C1.I. The standard InChI is InChI=1S/C24H41N5.HI/c1-4-25-24(26-13-8-9-14-28-18-16-27(3)17-19-28)29-15-12-23(21(2)20-29)22-10-6-5-7-11-22;/h5-7,10-11,21,23H,4,8-9,12-20H2,1-3H3,(H,25,26);1H. The number of aliphatic imine (C=N–C) groups is 1. The van der Waals surface area contributed by atoms with Crippen molar-refractivity contribution in [1.29, 1.82) is 0 Å². The molecule has 170 valence electrons. The second kappa shape index (κ2) is 13.5.